The van der Waals surface area contributed by atoms with Crippen LogP contribution in [0.1, 0.15) is 42.5 Å². The van der Waals surface area contributed by atoms with E-state index in [2.05, 4.69) is 22.3 Å². The molecule has 2 aromatic rings. The molecule has 0 aromatic heterocycles. The van der Waals surface area contributed by atoms with Gasteiger partial charge in [-0.1, -0.05) is 30.3 Å². The second-order valence-corrected chi connectivity index (χ2v) is 6.43. The number of amides is 1. The average Bonchev–Trinajstić information content (AvgIpc) is 2.68. The van der Waals surface area contributed by atoms with Crippen LogP contribution >= 0.6 is 0 Å². The SMILES string of the molecule is O=C(CCC(=O)c1ccccc1)Nc1ccc(N2CCCCC2)cc1. The van der Waals surface area contributed by atoms with E-state index in [0.717, 1.165) is 18.8 Å². The van der Waals surface area contributed by atoms with Gasteiger partial charge in [-0.15, -0.1) is 0 Å². The van der Waals surface area contributed by atoms with Gasteiger partial charge in [-0.25, -0.2) is 0 Å². The molecule has 4 nitrogen and oxygen atoms in total. The van der Waals surface area contributed by atoms with E-state index >= 15 is 0 Å². The maximum Gasteiger partial charge on any atom is 0.224 e. The first-order valence-corrected chi connectivity index (χ1v) is 8.95. The van der Waals surface area contributed by atoms with Crippen molar-refractivity contribution in [3.8, 4) is 0 Å². The van der Waals surface area contributed by atoms with E-state index in [4.69, 9.17) is 0 Å². The molecular weight excluding hydrogens is 312 g/mol. The molecule has 2 aromatic carbocycles. The fourth-order valence-electron chi connectivity index (χ4n) is 3.13. The lowest BCUT2D eigenvalue weighted by Crippen LogP contribution is -2.29. The maximum absolute atomic E-state index is 12.1. The van der Waals surface area contributed by atoms with Crippen LogP contribution in [0, 0.1) is 0 Å². The summed E-state index contributed by atoms with van der Waals surface area (Å²) in [5, 5.41) is 2.87. The highest BCUT2D eigenvalue weighted by Gasteiger charge is 2.12. The lowest BCUT2D eigenvalue weighted by molar-refractivity contribution is -0.116. The zero-order valence-corrected chi connectivity index (χ0v) is 14.4. The summed E-state index contributed by atoms with van der Waals surface area (Å²) in [5.74, 6) is -0.133. The van der Waals surface area contributed by atoms with Crippen LogP contribution in [0.25, 0.3) is 0 Å². The van der Waals surface area contributed by atoms with E-state index in [1.54, 1.807) is 12.1 Å². The molecule has 0 radical (unpaired) electrons. The minimum absolute atomic E-state index is 0.00352. The fourth-order valence-corrected chi connectivity index (χ4v) is 3.13. The minimum atomic E-state index is -0.130. The Labute approximate surface area is 148 Å². The molecule has 25 heavy (non-hydrogen) atoms. The normalized spacial score (nSPS) is 14.2. The second-order valence-electron chi connectivity index (χ2n) is 6.43. The molecule has 4 heteroatoms. The summed E-state index contributed by atoms with van der Waals surface area (Å²) in [7, 11) is 0. The highest BCUT2D eigenvalue weighted by atomic mass is 16.2. The van der Waals surface area contributed by atoms with Gasteiger partial charge in [0, 0.05) is 42.9 Å². The standard InChI is InChI=1S/C21H24N2O2/c24-20(17-7-3-1-4-8-17)13-14-21(25)22-18-9-11-19(12-10-18)23-15-5-2-6-16-23/h1,3-4,7-12H,2,5-6,13-16H2,(H,22,25). The molecule has 1 aliphatic heterocycles. The number of carbonyl (C=O) groups is 2. The predicted octanol–water partition coefficient (Wildman–Crippen LogP) is 4.28. The number of ketones is 1. The Morgan fingerprint density at radius 3 is 2.20 bits per heavy atom. The van der Waals surface area contributed by atoms with E-state index in [1.165, 1.54) is 24.9 Å². The predicted molar refractivity (Wildman–Crippen MR) is 101 cm³/mol. The van der Waals surface area contributed by atoms with Gasteiger partial charge in [0.15, 0.2) is 5.78 Å². The number of anilines is 2. The topological polar surface area (TPSA) is 49.4 Å². The maximum atomic E-state index is 12.1. The van der Waals surface area contributed by atoms with E-state index in [-0.39, 0.29) is 24.5 Å². The van der Waals surface area contributed by atoms with E-state index in [0.29, 0.717) is 5.56 Å². The number of piperidine rings is 1. The van der Waals surface area contributed by atoms with Crippen molar-refractivity contribution in [3.63, 3.8) is 0 Å². The zero-order chi connectivity index (χ0) is 17.5. The molecule has 1 N–H and O–H groups in total. The molecular formula is C21H24N2O2. The fraction of sp³-hybridized carbons (Fsp3) is 0.333. The number of benzene rings is 2. The molecule has 0 spiro atoms. The Bertz CT molecular complexity index is 704. The van der Waals surface area contributed by atoms with Gasteiger partial charge in [-0.2, -0.15) is 0 Å². The molecule has 130 valence electrons. The Kier molecular flexibility index (Phi) is 5.83. The van der Waals surface area contributed by atoms with Crippen molar-refractivity contribution in [2.75, 3.05) is 23.3 Å². The van der Waals surface area contributed by atoms with E-state index in [9.17, 15) is 9.59 Å². The third-order valence-corrected chi connectivity index (χ3v) is 4.55. The molecule has 0 bridgehead atoms. The third-order valence-electron chi connectivity index (χ3n) is 4.55. The van der Waals surface area contributed by atoms with Crippen molar-refractivity contribution >= 4 is 23.1 Å². The highest BCUT2D eigenvalue weighted by molar-refractivity contribution is 6.00. The monoisotopic (exact) mass is 336 g/mol. The molecule has 0 atom stereocenters. The van der Waals surface area contributed by atoms with E-state index < -0.39 is 0 Å². The van der Waals surface area contributed by atoms with Crippen molar-refractivity contribution in [2.24, 2.45) is 0 Å². The number of nitrogens with one attached hydrogen (secondary N) is 1. The number of carbonyl (C=O) groups excluding carboxylic acids is 2. The largest absolute Gasteiger partial charge is 0.372 e. The lowest BCUT2D eigenvalue weighted by Gasteiger charge is -2.28. The molecule has 0 aliphatic carbocycles. The molecule has 1 aliphatic rings. The van der Waals surface area contributed by atoms with Crippen LogP contribution in [0.2, 0.25) is 0 Å². The van der Waals surface area contributed by atoms with Crippen molar-refractivity contribution in [3.05, 3.63) is 60.2 Å². The Morgan fingerprint density at radius 1 is 0.840 bits per heavy atom. The molecule has 1 heterocycles. The van der Waals surface area contributed by atoms with Gasteiger partial charge in [-0.3, -0.25) is 9.59 Å². The lowest BCUT2D eigenvalue weighted by atomic mass is 10.1. The summed E-state index contributed by atoms with van der Waals surface area (Å²) in [6.07, 6.45) is 4.22. The van der Waals surface area contributed by atoms with Crippen LogP contribution < -0.4 is 10.2 Å². The van der Waals surface area contributed by atoms with Crippen molar-refractivity contribution in [1.29, 1.82) is 0 Å². The van der Waals surface area contributed by atoms with E-state index in [1.807, 2.05) is 30.3 Å². The first kappa shape index (κ1) is 17.2. The average molecular weight is 336 g/mol. The van der Waals surface area contributed by atoms with Crippen LogP contribution in [0.4, 0.5) is 11.4 Å². The van der Waals surface area contributed by atoms with Crippen LogP contribution in [-0.4, -0.2) is 24.8 Å². The first-order chi connectivity index (χ1) is 12.2. The number of nitrogens with zero attached hydrogens (tertiary/aromatic N) is 1. The van der Waals surface area contributed by atoms with Crippen LogP contribution in [0.5, 0.6) is 0 Å². The molecule has 0 saturated carbocycles. The zero-order valence-electron chi connectivity index (χ0n) is 14.4. The Morgan fingerprint density at radius 2 is 1.52 bits per heavy atom. The summed E-state index contributed by atoms with van der Waals surface area (Å²) in [4.78, 5) is 26.5. The molecule has 1 saturated heterocycles. The van der Waals surface area contributed by atoms with Gasteiger partial charge in [-0.05, 0) is 43.5 Å². The van der Waals surface area contributed by atoms with Gasteiger partial charge in [0.25, 0.3) is 0 Å². The summed E-state index contributed by atoms with van der Waals surface area (Å²) in [6, 6.07) is 17.1. The summed E-state index contributed by atoms with van der Waals surface area (Å²) in [6.45, 7) is 2.21. The van der Waals surface area contributed by atoms with Crippen molar-refractivity contribution in [1.82, 2.24) is 0 Å². The minimum Gasteiger partial charge on any atom is -0.372 e. The molecule has 3 rings (SSSR count). The third kappa shape index (κ3) is 4.92. The number of hydrogen-bond donors (Lipinski definition) is 1. The molecule has 1 amide bonds. The van der Waals surface area contributed by atoms with Gasteiger partial charge in [0.1, 0.15) is 0 Å². The van der Waals surface area contributed by atoms with Gasteiger partial charge in [0.2, 0.25) is 5.91 Å². The molecule has 0 unspecified atom stereocenters. The van der Waals surface area contributed by atoms with Crippen LogP contribution in [0.3, 0.4) is 0 Å². The van der Waals surface area contributed by atoms with Gasteiger partial charge in [0.05, 0.1) is 0 Å². The van der Waals surface area contributed by atoms with Crippen LogP contribution in [0.15, 0.2) is 54.6 Å². The Hall–Kier alpha value is -2.62. The Balaban J connectivity index is 1.48. The summed E-state index contributed by atoms with van der Waals surface area (Å²) in [5.41, 5.74) is 2.64. The van der Waals surface area contributed by atoms with Crippen molar-refractivity contribution < 1.29 is 9.59 Å². The smallest absolute Gasteiger partial charge is 0.224 e. The highest BCUT2D eigenvalue weighted by Crippen LogP contribution is 2.22. The molecule has 1 fully saturated rings. The second kappa shape index (κ2) is 8.47. The number of Topliss-reactive ketones (excluding diaryl/α,β-unsaturated/α-hetero) is 1. The number of hydrogen-bond acceptors (Lipinski definition) is 3. The van der Waals surface area contributed by atoms with Crippen LogP contribution in [-0.2, 0) is 4.79 Å². The first-order valence-electron chi connectivity index (χ1n) is 8.95. The number of rotatable bonds is 6. The summed E-state index contributed by atoms with van der Waals surface area (Å²) >= 11 is 0. The summed E-state index contributed by atoms with van der Waals surface area (Å²) < 4.78 is 0. The van der Waals surface area contributed by atoms with Gasteiger partial charge >= 0.3 is 0 Å². The van der Waals surface area contributed by atoms with Crippen molar-refractivity contribution in [2.45, 2.75) is 32.1 Å². The quantitative estimate of drug-likeness (QED) is 0.801. The van der Waals surface area contributed by atoms with Gasteiger partial charge < -0.3 is 10.2 Å².